The van der Waals surface area contributed by atoms with Crippen LogP contribution >= 0.6 is 0 Å². The third-order valence-electron chi connectivity index (χ3n) is 3.18. The fourth-order valence-electron chi connectivity index (χ4n) is 1.86. The first-order chi connectivity index (χ1) is 7.54. The van der Waals surface area contributed by atoms with E-state index in [0.29, 0.717) is 0 Å². The summed E-state index contributed by atoms with van der Waals surface area (Å²) in [5.41, 5.74) is 6.60. The highest BCUT2D eigenvalue weighted by molar-refractivity contribution is 5.71. The first-order valence-corrected chi connectivity index (χ1v) is 5.39. The monoisotopic (exact) mass is 225 g/mol. The summed E-state index contributed by atoms with van der Waals surface area (Å²) in [6.07, 6.45) is 4.28. The molecule has 0 fully saturated rings. The van der Waals surface area contributed by atoms with Crippen molar-refractivity contribution < 1.29 is 13.9 Å². The molecule has 16 heavy (non-hydrogen) atoms. The number of esters is 1. The van der Waals surface area contributed by atoms with Crippen molar-refractivity contribution in [3.05, 3.63) is 24.2 Å². The maximum absolute atomic E-state index is 11.4. The second kappa shape index (κ2) is 5.16. The minimum Gasteiger partial charge on any atom is -0.472 e. The van der Waals surface area contributed by atoms with Crippen molar-refractivity contribution in [3.63, 3.8) is 0 Å². The first kappa shape index (κ1) is 12.8. The van der Waals surface area contributed by atoms with E-state index in [0.717, 1.165) is 12.0 Å². The van der Waals surface area contributed by atoms with E-state index in [-0.39, 0.29) is 18.4 Å². The molecule has 1 aromatic heterocycles. The molecule has 2 N–H and O–H groups in total. The molecule has 0 spiro atoms. The van der Waals surface area contributed by atoms with Crippen LogP contribution in [0.15, 0.2) is 23.0 Å². The molecular formula is C12H19NO3. The molecule has 2 atom stereocenters. The lowest BCUT2D eigenvalue weighted by molar-refractivity contribution is -0.142. The van der Waals surface area contributed by atoms with E-state index in [2.05, 4.69) is 0 Å². The molecule has 90 valence electrons. The highest BCUT2D eigenvalue weighted by Crippen LogP contribution is 2.32. The highest BCUT2D eigenvalue weighted by atomic mass is 16.5. The SMILES string of the molecule is CCC(N)C(C)(CC(=O)OC)c1ccoc1. The van der Waals surface area contributed by atoms with E-state index in [1.807, 2.05) is 19.9 Å². The van der Waals surface area contributed by atoms with Gasteiger partial charge >= 0.3 is 5.97 Å². The number of methoxy groups -OCH3 is 1. The third kappa shape index (κ3) is 2.44. The van der Waals surface area contributed by atoms with Gasteiger partial charge in [-0.1, -0.05) is 13.8 Å². The van der Waals surface area contributed by atoms with E-state index in [4.69, 9.17) is 14.9 Å². The zero-order chi connectivity index (χ0) is 12.2. The van der Waals surface area contributed by atoms with Crippen molar-refractivity contribution in [2.45, 2.75) is 38.1 Å². The van der Waals surface area contributed by atoms with Gasteiger partial charge in [-0.15, -0.1) is 0 Å². The van der Waals surface area contributed by atoms with Crippen molar-refractivity contribution >= 4 is 5.97 Å². The van der Waals surface area contributed by atoms with E-state index >= 15 is 0 Å². The number of carbonyl (C=O) groups is 1. The Labute approximate surface area is 95.8 Å². The van der Waals surface area contributed by atoms with Crippen molar-refractivity contribution in [1.29, 1.82) is 0 Å². The molecule has 4 heteroatoms. The Morgan fingerprint density at radius 2 is 2.38 bits per heavy atom. The molecule has 0 bridgehead atoms. The Bertz CT molecular complexity index is 334. The molecule has 0 saturated carbocycles. The lowest BCUT2D eigenvalue weighted by Crippen LogP contribution is -2.44. The molecule has 0 aromatic carbocycles. The van der Waals surface area contributed by atoms with Crippen molar-refractivity contribution in [1.82, 2.24) is 0 Å². The van der Waals surface area contributed by atoms with E-state index in [1.54, 1.807) is 12.5 Å². The van der Waals surface area contributed by atoms with E-state index in [9.17, 15) is 4.79 Å². The van der Waals surface area contributed by atoms with Crippen LogP contribution in [-0.4, -0.2) is 19.1 Å². The van der Waals surface area contributed by atoms with Gasteiger partial charge in [0.25, 0.3) is 0 Å². The second-order valence-corrected chi connectivity index (χ2v) is 4.20. The summed E-state index contributed by atoms with van der Waals surface area (Å²) in [7, 11) is 1.38. The standard InChI is InChI=1S/C12H19NO3/c1-4-10(13)12(2,7-11(14)15-3)9-5-6-16-8-9/h5-6,8,10H,4,7,13H2,1-3H3. The van der Waals surface area contributed by atoms with Crippen LogP contribution in [0.5, 0.6) is 0 Å². The number of rotatable bonds is 5. The minimum absolute atomic E-state index is 0.107. The van der Waals surface area contributed by atoms with Crippen LogP contribution in [0.1, 0.15) is 32.3 Å². The molecule has 2 unspecified atom stereocenters. The maximum Gasteiger partial charge on any atom is 0.306 e. The Morgan fingerprint density at radius 3 is 2.81 bits per heavy atom. The Hall–Kier alpha value is -1.29. The van der Waals surface area contributed by atoms with Gasteiger partial charge < -0.3 is 14.9 Å². The molecule has 0 aliphatic carbocycles. The lowest BCUT2D eigenvalue weighted by Gasteiger charge is -2.33. The van der Waals surface area contributed by atoms with E-state index in [1.165, 1.54) is 7.11 Å². The molecular weight excluding hydrogens is 206 g/mol. The van der Waals surface area contributed by atoms with Gasteiger partial charge in [-0.25, -0.2) is 0 Å². The zero-order valence-corrected chi connectivity index (χ0v) is 10.0. The predicted octanol–water partition coefficient (Wildman–Crippen LogP) is 1.84. The third-order valence-corrected chi connectivity index (χ3v) is 3.18. The maximum atomic E-state index is 11.4. The zero-order valence-electron chi connectivity index (χ0n) is 10.0. The van der Waals surface area contributed by atoms with Crippen LogP contribution in [0.3, 0.4) is 0 Å². The van der Waals surface area contributed by atoms with Crippen LogP contribution in [0.25, 0.3) is 0 Å². The van der Waals surface area contributed by atoms with Gasteiger partial charge in [-0.05, 0) is 18.1 Å². The molecule has 0 amide bonds. The molecule has 0 radical (unpaired) electrons. The van der Waals surface area contributed by atoms with Gasteiger partial charge in [0.05, 0.1) is 26.1 Å². The van der Waals surface area contributed by atoms with Crippen LogP contribution in [-0.2, 0) is 14.9 Å². The number of carbonyl (C=O) groups excluding carboxylic acids is 1. The largest absolute Gasteiger partial charge is 0.472 e. The van der Waals surface area contributed by atoms with Crippen LogP contribution in [0.4, 0.5) is 0 Å². The number of nitrogens with two attached hydrogens (primary N) is 1. The number of hydrogen-bond acceptors (Lipinski definition) is 4. The van der Waals surface area contributed by atoms with Gasteiger partial charge in [0.15, 0.2) is 0 Å². The average Bonchev–Trinajstić information content (AvgIpc) is 2.81. The fraction of sp³-hybridized carbons (Fsp3) is 0.583. The van der Waals surface area contributed by atoms with E-state index < -0.39 is 5.41 Å². The molecule has 1 aromatic rings. The smallest absolute Gasteiger partial charge is 0.306 e. The number of ether oxygens (including phenoxy) is 1. The summed E-state index contributed by atoms with van der Waals surface area (Å²) < 4.78 is 9.78. The summed E-state index contributed by atoms with van der Waals surface area (Å²) in [6, 6.07) is 1.74. The molecule has 0 aliphatic heterocycles. The summed E-state index contributed by atoms with van der Waals surface area (Å²) in [6.45, 7) is 3.96. The van der Waals surface area contributed by atoms with Gasteiger partial charge in [0.1, 0.15) is 0 Å². The van der Waals surface area contributed by atoms with Crippen molar-refractivity contribution in [2.75, 3.05) is 7.11 Å². The Kier molecular flexibility index (Phi) is 4.12. The van der Waals surface area contributed by atoms with Crippen LogP contribution in [0.2, 0.25) is 0 Å². The van der Waals surface area contributed by atoms with Crippen molar-refractivity contribution in [3.8, 4) is 0 Å². The quantitative estimate of drug-likeness (QED) is 0.776. The normalized spacial score (nSPS) is 16.5. The topological polar surface area (TPSA) is 65.5 Å². The molecule has 1 rings (SSSR count). The summed E-state index contributed by atoms with van der Waals surface area (Å²) in [5, 5.41) is 0. The predicted molar refractivity (Wildman–Crippen MR) is 61.0 cm³/mol. The summed E-state index contributed by atoms with van der Waals surface area (Å²) >= 11 is 0. The highest BCUT2D eigenvalue weighted by Gasteiger charge is 2.36. The summed E-state index contributed by atoms with van der Waals surface area (Å²) in [5.74, 6) is -0.257. The van der Waals surface area contributed by atoms with Crippen LogP contribution < -0.4 is 5.73 Å². The number of furan rings is 1. The molecule has 0 aliphatic rings. The number of hydrogen-bond donors (Lipinski definition) is 1. The Balaban J connectivity index is 2.98. The second-order valence-electron chi connectivity index (χ2n) is 4.20. The molecule has 1 heterocycles. The van der Waals surface area contributed by atoms with Crippen LogP contribution in [0, 0.1) is 0 Å². The van der Waals surface area contributed by atoms with Gasteiger partial charge in [-0.2, -0.15) is 0 Å². The van der Waals surface area contributed by atoms with Gasteiger partial charge in [0.2, 0.25) is 0 Å². The average molecular weight is 225 g/mol. The van der Waals surface area contributed by atoms with Crippen molar-refractivity contribution in [2.24, 2.45) is 5.73 Å². The molecule has 0 saturated heterocycles. The fourth-order valence-corrected chi connectivity index (χ4v) is 1.86. The summed E-state index contributed by atoms with van der Waals surface area (Å²) in [4.78, 5) is 11.4. The first-order valence-electron chi connectivity index (χ1n) is 5.39. The van der Waals surface area contributed by atoms with Gasteiger partial charge in [-0.3, -0.25) is 4.79 Å². The lowest BCUT2D eigenvalue weighted by atomic mass is 9.74. The molecule has 4 nitrogen and oxygen atoms in total. The minimum atomic E-state index is -0.436. The Morgan fingerprint density at radius 1 is 1.69 bits per heavy atom. The van der Waals surface area contributed by atoms with Gasteiger partial charge in [0, 0.05) is 11.5 Å².